The van der Waals surface area contributed by atoms with E-state index >= 15 is 0 Å². The predicted molar refractivity (Wildman–Crippen MR) is 68.4 cm³/mol. The van der Waals surface area contributed by atoms with E-state index in [1.54, 1.807) is 18.3 Å². The van der Waals surface area contributed by atoms with Crippen LogP contribution in [-0.2, 0) is 0 Å². The number of aryl methyl sites for hydroxylation is 1. The third kappa shape index (κ3) is 2.05. The van der Waals surface area contributed by atoms with Crippen LogP contribution in [0.5, 0.6) is 5.88 Å². The first-order chi connectivity index (χ1) is 9.06. The minimum absolute atomic E-state index is 0.115. The first-order valence-corrected chi connectivity index (χ1v) is 6.09. The lowest BCUT2D eigenvalue weighted by molar-refractivity contribution is 0.0946. The normalized spacial score (nSPS) is 14.6. The molecule has 2 heterocycles. The van der Waals surface area contributed by atoms with Crippen molar-refractivity contribution >= 4 is 11.6 Å². The van der Waals surface area contributed by atoms with E-state index in [0.29, 0.717) is 5.65 Å². The van der Waals surface area contributed by atoms with Crippen LogP contribution in [-0.4, -0.2) is 26.4 Å². The molecule has 1 aliphatic rings. The van der Waals surface area contributed by atoms with Crippen LogP contribution in [0.1, 0.15) is 28.8 Å². The molecule has 0 unspecified atom stereocenters. The van der Waals surface area contributed by atoms with E-state index in [-0.39, 0.29) is 11.6 Å². The summed E-state index contributed by atoms with van der Waals surface area (Å²) in [4.78, 5) is 28.1. The van der Waals surface area contributed by atoms with Crippen LogP contribution in [0.2, 0.25) is 0 Å². The first-order valence-electron chi connectivity index (χ1n) is 6.09. The molecule has 0 atom stereocenters. The summed E-state index contributed by atoms with van der Waals surface area (Å²) in [5.74, 6) is -1.08. The Kier molecular flexibility index (Phi) is 2.51. The second-order valence-electron chi connectivity index (χ2n) is 4.80. The number of fused-ring (bicyclic) bond motifs is 1. The molecule has 0 spiro atoms. The van der Waals surface area contributed by atoms with Crippen LogP contribution >= 0.6 is 0 Å². The molecule has 19 heavy (non-hydrogen) atoms. The molecule has 0 aromatic carbocycles. The van der Waals surface area contributed by atoms with E-state index < -0.39 is 17.3 Å². The zero-order valence-corrected chi connectivity index (χ0v) is 10.4. The monoisotopic (exact) mass is 259 g/mol. The van der Waals surface area contributed by atoms with Gasteiger partial charge in [-0.15, -0.1) is 0 Å². The Morgan fingerprint density at radius 3 is 2.89 bits per heavy atom. The lowest BCUT2D eigenvalue weighted by Gasteiger charge is -2.07. The molecule has 6 heteroatoms. The average Bonchev–Trinajstić information content (AvgIpc) is 3.14. The van der Waals surface area contributed by atoms with E-state index in [0.717, 1.165) is 18.4 Å². The Bertz CT molecular complexity index is 732. The Balaban J connectivity index is 2.17. The molecule has 2 aromatic rings. The number of nitrogens with one attached hydrogen (secondary N) is 1. The van der Waals surface area contributed by atoms with Gasteiger partial charge in [-0.05, 0) is 31.4 Å². The summed E-state index contributed by atoms with van der Waals surface area (Å²) in [6, 6.07) is 3.52. The molecular formula is C13H13N3O3. The van der Waals surface area contributed by atoms with E-state index in [1.807, 2.05) is 6.92 Å². The molecule has 1 saturated carbocycles. The van der Waals surface area contributed by atoms with Crippen LogP contribution in [0, 0.1) is 6.92 Å². The quantitative estimate of drug-likeness (QED) is 0.827. The van der Waals surface area contributed by atoms with Gasteiger partial charge in [-0.3, -0.25) is 14.0 Å². The van der Waals surface area contributed by atoms with Gasteiger partial charge >= 0.3 is 0 Å². The highest BCUT2D eigenvalue weighted by Gasteiger charge is 2.27. The van der Waals surface area contributed by atoms with E-state index in [4.69, 9.17) is 0 Å². The van der Waals surface area contributed by atoms with E-state index in [1.165, 1.54) is 4.40 Å². The van der Waals surface area contributed by atoms with Gasteiger partial charge < -0.3 is 10.4 Å². The van der Waals surface area contributed by atoms with Crippen LogP contribution < -0.4 is 10.9 Å². The van der Waals surface area contributed by atoms with Crippen LogP contribution in [0.15, 0.2) is 23.1 Å². The highest BCUT2D eigenvalue weighted by molar-refractivity contribution is 5.96. The highest BCUT2D eigenvalue weighted by Crippen LogP contribution is 2.20. The third-order valence-electron chi connectivity index (χ3n) is 3.09. The van der Waals surface area contributed by atoms with E-state index in [2.05, 4.69) is 10.3 Å². The molecule has 1 fully saturated rings. The molecule has 2 N–H and O–H groups in total. The molecule has 0 radical (unpaired) electrons. The smallest absolute Gasteiger partial charge is 0.274 e. The van der Waals surface area contributed by atoms with Crippen LogP contribution in [0.3, 0.4) is 0 Å². The maximum atomic E-state index is 12.2. The van der Waals surface area contributed by atoms with Crippen molar-refractivity contribution in [3.63, 3.8) is 0 Å². The van der Waals surface area contributed by atoms with Gasteiger partial charge in [-0.1, -0.05) is 6.07 Å². The summed E-state index contributed by atoms with van der Waals surface area (Å²) in [5.41, 5.74) is 0.339. The summed E-state index contributed by atoms with van der Waals surface area (Å²) in [5, 5.41) is 12.5. The third-order valence-corrected chi connectivity index (χ3v) is 3.09. The van der Waals surface area contributed by atoms with Gasteiger partial charge in [-0.2, -0.15) is 4.98 Å². The fourth-order valence-electron chi connectivity index (χ4n) is 1.92. The number of aromatic nitrogens is 2. The number of carbonyl (C=O) groups is 1. The van der Waals surface area contributed by atoms with Gasteiger partial charge in [0.15, 0.2) is 5.56 Å². The van der Waals surface area contributed by atoms with Crippen molar-refractivity contribution in [3.05, 3.63) is 39.8 Å². The first kappa shape index (κ1) is 11.7. The number of aromatic hydroxyl groups is 1. The number of hydrogen-bond donors (Lipinski definition) is 2. The standard InChI is InChI=1S/C13H13N3O3/c1-7-2-5-9-15-12(18)10(13(19)16(9)6-7)11(17)14-8-3-4-8/h2,5-6,8,18H,3-4H2,1H3,(H,14,17). The Morgan fingerprint density at radius 1 is 1.47 bits per heavy atom. The largest absolute Gasteiger partial charge is 0.493 e. The van der Waals surface area contributed by atoms with Crippen molar-refractivity contribution in [3.8, 4) is 5.88 Å². The van der Waals surface area contributed by atoms with Gasteiger partial charge in [0.2, 0.25) is 5.88 Å². The minimum Gasteiger partial charge on any atom is -0.493 e. The van der Waals surface area contributed by atoms with Gasteiger partial charge in [-0.25, -0.2) is 0 Å². The summed E-state index contributed by atoms with van der Waals surface area (Å²) in [7, 11) is 0. The van der Waals surface area contributed by atoms with Gasteiger partial charge in [0.05, 0.1) is 0 Å². The van der Waals surface area contributed by atoms with E-state index in [9.17, 15) is 14.7 Å². The molecule has 0 saturated heterocycles. The van der Waals surface area contributed by atoms with Crippen molar-refractivity contribution in [1.82, 2.24) is 14.7 Å². The molecule has 0 aliphatic heterocycles. The van der Waals surface area contributed by atoms with Gasteiger partial charge in [0.1, 0.15) is 5.65 Å². The predicted octanol–water partition coefficient (Wildman–Crippen LogP) is 0.601. The fraction of sp³-hybridized carbons (Fsp3) is 0.308. The topological polar surface area (TPSA) is 83.7 Å². The van der Waals surface area contributed by atoms with Crippen LogP contribution in [0.25, 0.3) is 5.65 Å². The lowest BCUT2D eigenvalue weighted by Crippen LogP contribution is -2.33. The maximum Gasteiger partial charge on any atom is 0.274 e. The molecule has 2 aromatic heterocycles. The summed E-state index contributed by atoms with van der Waals surface area (Å²) < 4.78 is 1.27. The molecule has 3 rings (SSSR count). The average molecular weight is 259 g/mol. The Hall–Kier alpha value is -2.37. The number of hydrogen-bond acceptors (Lipinski definition) is 4. The highest BCUT2D eigenvalue weighted by atomic mass is 16.3. The number of rotatable bonds is 2. The second kappa shape index (κ2) is 4.08. The maximum absolute atomic E-state index is 12.2. The summed E-state index contributed by atoms with van der Waals surface area (Å²) >= 11 is 0. The number of amides is 1. The number of nitrogens with zero attached hydrogens (tertiary/aromatic N) is 2. The molecule has 6 nitrogen and oxygen atoms in total. The summed E-state index contributed by atoms with van der Waals surface area (Å²) in [6.45, 7) is 1.84. The molecule has 1 amide bonds. The second-order valence-corrected chi connectivity index (χ2v) is 4.80. The number of pyridine rings is 1. The molecular weight excluding hydrogens is 246 g/mol. The lowest BCUT2D eigenvalue weighted by atomic mass is 10.2. The zero-order valence-electron chi connectivity index (χ0n) is 10.4. The van der Waals surface area contributed by atoms with Crippen molar-refractivity contribution in [2.45, 2.75) is 25.8 Å². The van der Waals surface area contributed by atoms with Crippen molar-refractivity contribution in [2.75, 3.05) is 0 Å². The van der Waals surface area contributed by atoms with Crippen LogP contribution in [0.4, 0.5) is 0 Å². The molecule has 1 aliphatic carbocycles. The molecule has 98 valence electrons. The minimum atomic E-state index is -0.562. The Labute approximate surface area is 108 Å². The van der Waals surface area contributed by atoms with Gasteiger partial charge in [0, 0.05) is 12.2 Å². The zero-order chi connectivity index (χ0) is 13.6. The van der Waals surface area contributed by atoms with Gasteiger partial charge in [0.25, 0.3) is 11.5 Å². The van der Waals surface area contributed by atoms with Crippen molar-refractivity contribution in [2.24, 2.45) is 0 Å². The Morgan fingerprint density at radius 2 is 2.21 bits per heavy atom. The van der Waals surface area contributed by atoms with Crippen molar-refractivity contribution in [1.29, 1.82) is 0 Å². The number of carbonyl (C=O) groups excluding carboxylic acids is 1. The SMILES string of the molecule is Cc1ccc2nc(O)c(C(=O)NC3CC3)c(=O)n2c1. The molecule has 0 bridgehead atoms. The van der Waals surface area contributed by atoms with Crippen molar-refractivity contribution < 1.29 is 9.90 Å². The fourth-order valence-corrected chi connectivity index (χ4v) is 1.92. The summed E-state index contributed by atoms with van der Waals surface area (Å²) in [6.07, 6.45) is 3.42.